The van der Waals surface area contributed by atoms with Gasteiger partial charge in [0.25, 0.3) is 0 Å². The molecule has 0 saturated heterocycles. The van der Waals surface area contributed by atoms with Gasteiger partial charge in [-0.05, 0) is 23.6 Å². The molecule has 0 amide bonds. The van der Waals surface area contributed by atoms with Crippen molar-refractivity contribution in [1.29, 1.82) is 0 Å². The maximum Gasteiger partial charge on any atom is 0.202 e. The van der Waals surface area contributed by atoms with Crippen LogP contribution in [0.3, 0.4) is 0 Å². The van der Waals surface area contributed by atoms with E-state index >= 15 is 0 Å². The lowest BCUT2D eigenvalue weighted by Gasteiger charge is -2.09. The van der Waals surface area contributed by atoms with Gasteiger partial charge in [-0.1, -0.05) is 78.1 Å². The largest absolute Gasteiger partial charge is 0.217 e. The van der Waals surface area contributed by atoms with E-state index in [4.69, 9.17) is 11.6 Å². The minimum absolute atomic E-state index is 0.281. The van der Waals surface area contributed by atoms with Gasteiger partial charge in [-0.3, -0.25) is 0 Å². The highest BCUT2D eigenvalue weighted by atomic mass is 35.5. The molecule has 0 aromatic rings. The van der Waals surface area contributed by atoms with Gasteiger partial charge in [0.2, 0.25) is 8.87 Å². The fourth-order valence-electron chi connectivity index (χ4n) is 2.22. The predicted octanol–water partition coefficient (Wildman–Crippen LogP) is 6.34. The molecule has 0 N–H and O–H groups in total. The minimum atomic E-state index is -3.04. The lowest BCUT2D eigenvalue weighted by molar-refractivity contribution is 0.595. The van der Waals surface area contributed by atoms with Crippen LogP contribution in [0.4, 0.5) is 0 Å². The van der Waals surface area contributed by atoms with Crippen LogP contribution < -0.4 is 0 Å². The standard InChI is InChI=1S/C16H33ClO2S2/c1-3-5-7-9-11-13-15-21(18,19)20-16(17)14-12-10-8-6-4-2/h16H,3-15H2,1-2H3. The zero-order valence-electron chi connectivity index (χ0n) is 13.8. The normalized spacial score (nSPS) is 13.5. The average Bonchev–Trinajstić information content (AvgIpc) is 2.42. The third-order valence-corrected chi connectivity index (χ3v) is 7.94. The van der Waals surface area contributed by atoms with Gasteiger partial charge in [0.1, 0.15) is 0 Å². The van der Waals surface area contributed by atoms with Gasteiger partial charge in [0.15, 0.2) is 0 Å². The molecule has 1 unspecified atom stereocenters. The molecule has 0 aromatic heterocycles. The number of halogens is 1. The molecule has 0 radical (unpaired) electrons. The van der Waals surface area contributed by atoms with E-state index in [-0.39, 0.29) is 10.5 Å². The summed E-state index contributed by atoms with van der Waals surface area (Å²) in [5.74, 6) is 0.281. The predicted molar refractivity (Wildman–Crippen MR) is 97.8 cm³/mol. The summed E-state index contributed by atoms with van der Waals surface area (Å²) in [7, 11) is -2.06. The molecule has 2 nitrogen and oxygen atoms in total. The van der Waals surface area contributed by atoms with E-state index in [1.165, 1.54) is 38.5 Å². The van der Waals surface area contributed by atoms with Crippen LogP contribution in [0.1, 0.15) is 90.9 Å². The third kappa shape index (κ3) is 15.3. The summed E-state index contributed by atoms with van der Waals surface area (Å²) in [6.07, 6.45) is 13.4. The Morgan fingerprint density at radius 3 is 1.86 bits per heavy atom. The monoisotopic (exact) mass is 356 g/mol. The summed E-state index contributed by atoms with van der Waals surface area (Å²) in [5.41, 5.74) is 0. The van der Waals surface area contributed by atoms with Crippen molar-refractivity contribution in [3.63, 3.8) is 0 Å². The Bertz CT molecular complexity index is 318. The summed E-state index contributed by atoms with van der Waals surface area (Å²) in [4.78, 5) is 0. The number of hydrogen-bond donors (Lipinski definition) is 0. The number of alkyl halides is 1. The summed E-state index contributed by atoms with van der Waals surface area (Å²) < 4.78 is 23.6. The molecule has 0 aliphatic carbocycles. The second-order valence-electron chi connectivity index (χ2n) is 5.74. The van der Waals surface area contributed by atoms with Crippen LogP contribution in [0, 0.1) is 0 Å². The van der Waals surface area contributed by atoms with Crippen LogP contribution in [0.2, 0.25) is 0 Å². The van der Waals surface area contributed by atoms with E-state index in [0.29, 0.717) is 0 Å². The molecule has 21 heavy (non-hydrogen) atoms. The number of rotatable bonds is 15. The maximum absolute atomic E-state index is 11.9. The zero-order chi connectivity index (χ0) is 16.0. The van der Waals surface area contributed by atoms with Gasteiger partial charge >= 0.3 is 0 Å². The molecule has 1 atom stereocenters. The van der Waals surface area contributed by atoms with Crippen LogP contribution in [-0.2, 0) is 8.87 Å². The molecule has 0 spiro atoms. The lowest BCUT2D eigenvalue weighted by Crippen LogP contribution is -2.06. The molecule has 128 valence electrons. The quantitative estimate of drug-likeness (QED) is 0.195. The van der Waals surface area contributed by atoms with Crippen molar-refractivity contribution in [3.8, 4) is 0 Å². The van der Waals surface area contributed by atoms with Crippen LogP contribution in [0.5, 0.6) is 0 Å². The molecule has 5 heteroatoms. The van der Waals surface area contributed by atoms with E-state index in [1.807, 2.05) is 0 Å². The first-order chi connectivity index (χ1) is 10.0. The van der Waals surface area contributed by atoms with Crippen molar-refractivity contribution in [1.82, 2.24) is 0 Å². The van der Waals surface area contributed by atoms with E-state index in [9.17, 15) is 8.42 Å². The lowest BCUT2D eigenvalue weighted by atomic mass is 10.1. The van der Waals surface area contributed by atoms with Crippen LogP contribution in [-0.4, -0.2) is 18.9 Å². The van der Waals surface area contributed by atoms with Crippen LogP contribution >= 0.6 is 22.4 Å². The summed E-state index contributed by atoms with van der Waals surface area (Å²) in [5, 5.41) is 0. The first-order valence-corrected chi connectivity index (χ1v) is 12.1. The number of hydrogen-bond acceptors (Lipinski definition) is 3. The Morgan fingerprint density at radius 2 is 1.29 bits per heavy atom. The first kappa shape index (κ1) is 21.6. The van der Waals surface area contributed by atoms with Gasteiger partial charge in [-0.2, -0.15) is 0 Å². The highest BCUT2D eigenvalue weighted by molar-refractivity contribution is 8.72. The van der Waals surface area contributed by atoms with Gasteiger partial charge < -0.3 is 0 Å². The topological polar surface area (TPSA) is 34.1 Å². The Balaban J connectivity index is 3.64. The van der Waals surface area contributed by atoms with E-state index in [2.05, 4.69) is 13.8 Å². The van der Waals surface area contributed by atoms with Crippen molar-refractivity contribution in [2.75, 3.05) is 5.75 Å². The van der Waals surface area contributed by atoms with Crippen molar-refractivity contribution in [3.05, 3.63) is 0 Å². The molecule has 0 heterocycles. The molecule has 0 fully saturated rings. The van der Waals surface area contributed by atoms with Crippen molar-refractivity contribution in [2.45, 2.75) is 95.6 Å². The fourth-order valence-corrected chi connectivity index (χ4v) is 6.49. The van der Waals surface area contributed by atoms with E-state index in [0.717, 1.165) is 49.3 Å². The minimum Gasteiger partial charge on any atom is -0.217 e. The Kier molecular flexibility index (Phi) is 14.6. The van der Waals surface area contributed by atoms with Gasteiger partial charge in [-0.15, -0.1) is 11.6 Å². The SMILES string of the molecule is CCCCCCCCS(=O)(=O)SC(Cl)CCCCCCC. The van der Waals surface area contributed by atoms with Crippen molar-refractivity contribution < 1.29 is 8.42 Å². The van der Waals surface area contributed by atoms with E-state index in [1.54, 1.807) is 0 Å². The first-order valence-electron chi connectivity index (χ1n) is 8.57. The Morgan fingerprint density at radius 1 is 0.810 bits per heavy atom. The Labute approximate surface area is 141 Å². The molecule has 0 aromatic carbocycles. The smallest absolute Gasteiger partial charge is 0.202 e. The van der Waals surface area contributed by atoms with Crippen LogP contribution in [0.15, 0.2) is 0 Å². The van der Waals surface area contributed by atoms with E-state index < -0.39 is 8.87 Å². The molecular weight excluding hydrogens is 324 g/mol. The Hall–Kier alpha value is 0.590. The average molecular weight is 357 g/mol. The fraction of sp³-hybridized carbons (Fsp3) is 1.00. The summed E-state index contributed by atoms with van der Waals surface area (Å²) in [6.45, 7) is 4.37. The molecular formula is C16H33ClO2S2. The maximum atomic E-state index is 11.9. The molecule has 0 bridgehead atoms. The summed E-state index contributed by atoms with van der Waals surface area (Å²) >= 11 is 6.14. The van der Waals surface area contributed by atoms with Gasteiger partial charge in [0, 0.05) is 0 Å². The molecule has 0 rings (SSSR count). The number of unbranched alkanes of at least 4 members (excludes halogenated alkanes) is 9. The van der Waals surface area contributed by atoms with Gasteiger partial charge in [-0.25, -0.2) is 8.42 Å². The second-order valence-corrected chi connectivity index (χ2v) is 10.9. The highest BCUT2D eigenvalue weighted by Gasteiger charge is 2.17. The second kappa shape index (κ2) is 14.2. The zero-order valence-corrected chi connectivity index (χ0v) is 16.2. The van der Waals surface area contributed by atoms with Gasteiger partial charge in [0.05, 0.1) is 10.5 Å². The van der Waals surface area contributed by atoms with Crippen molar-refractivity contribution in [2.24, 2.45) is 0 Å². The van der Waals surface area contributed by atoms with Crippen molar-refractivity contribution >= 4 is 31.3 Å². The third-order valence-electron chi connectivity index (χ3n) is 3.53. The van der Waals surface area contributed by atoms with Crippen LogP contribution in [0.25, 0.3) is 0 Å². The molecule has 0 saturated carbocycles. The molecule has 0 aliphatic rings. The highest BCUT2D eigenvalue weighted by Crippen LogP contribution is 2.28. The molecule has 0 aliphatic heterocycles. The summed E-state index contributed by atoms with van der Waals surface area (Å²) in [6, 6.07) is 0.